The van der Waals surface area contributed by atoms with Gasteiger partial charge in [-0.05, 0) is 50.5 Å². The van der Waals surface area contributed by atoms with Gasteiger partial charge in [0.05, 0.1) is 10.2 Å². The van der Waals surface area contributed by atoms with Gasteiger partial charge in [-0.25, -0.2) is 9.78 Å². The second-order valence-electron chi connectivity index (χ2n) is 5.54. The molecule has 108 valence electrons. The highest BCUT2D eigenvalue weighted by Gasteiger charge is 2.18. The zero-order chi connectivity index (χ0) is 15.1. The van der Waals surface area contributed by atoms with Crippen molar-refractivity contribution in [3.8, 4) is 0 Å². The molecule has 2 aromatic heterocycles. The van der Waals surface area contributed by atoms with Gasteiger partial charge in [-0.1, -0.05) is 0 Å². The zero-order valence-corrected chi connectivity index (χ0v) is 13.7. The Morgan fingerprint density at radius 1 is 1.40 bits per heavy atom. The van der Waals surface area contributed by atoms with E-state index in [4.69, 9.17) is 4.74 Å². The van der Waals surface area contributed by atoms with Crippen molar-refractivity contribution >= 4 is 33.5 Å². The molecule has 0 spiro atoms. The molecule has 1 amide bonds. The van der Waals surface area contributed by atoms with E-state index in [1.807, 2.05) is 34.6 Å². The molecular formula is C13H17BrN4O2. The number of aryl methyl sites for hydroxylation is 2. The summed E-state index contributed by atoms with van der Waals surface area (Å²) in [6.07, 6.45) is -0.520. The van der Waals surface area contributed by atoms with Crippen LogP contribution in [0, 0.1) is 13.8 Å². The first-order valence-corrected chi connectivity index (χ1v) is 6.99. The fourth-order valence-corrected chi connectivity index (χ4v) is 2.05. The average Bonchev–Trinajstić information content (AvgIpc) is 2.54. The van der Waals surface area contributed by atoms with Crippen LogP contribution in [0.3, 0.4) is 0 Å². The third-order valence-electron chi connectivity index (χ3n) is 2.45. The van der Waals surface area contributed by atoms with E-state index < -0.39 is 11.7 Å². The smallest absolute Gasteiger partial charge is 0.413 e. The van der Waals surface area contributed by atoms with Gasteiger partial charge in [-0.2, -0.15) is 9.61 Å². The number of carbonyl (C=O) groups is 1. The zero-order valence-electron chi connectivity index (χ0n) is 12.1. The third kappa shape index (κ3) is 3.09. The van der Waals surface area contributed by atoms with Crippen LogP contribution >= 0.6 is 15.9 Å². The molecule has 6 nitrogen and oxygen atoms in total. The lowest BCUT2D eigenvalue weighted by Crippen LogP contribution is -2.28. The second kappa shape index (κ2) is 5.05. The number of amides is 1. The Morgan fingerprint density at radius 3 is 2.65 bits per heavy atom. The van der Waals surface area contributed by atoms with Crippen LogP contribution < -0.4 is 5.32 Å². The number of anilines is 1. The summed E-state index contributed by atoms with van der Waals surface area (Å²) in [6, 6.07) is 1.75. The molecule has 0 radical (unpaired) electrons. The largest absolute Gasteiger partial charge is 0.444 e. The third-order valence-corrected chi connectivity index (χ3v) is 3.38. The predicted octanol–water partition coefficient (Wildman–Crippen LogP) is 3.46. The molecule has 2 rings (SSSR count). The lowest BCUT2D eigenvalue weighted by atomic mass is 10.2. The summed E-state index contributed by atoms with van der Waals surface area (Å²) in [7, 11) is 0. The van der Waals surface area contributed by atoms with Crippen molar-refractivity contribution in [2.75, 3.05) is 5.32 Å². The normalized spacial score (nSPS) is 11.7. The number of ether oxygens (including phenoxy) is 1. The first kappa shape index (κ1) is 14.8. The Bertz CT molecular complexity index is 673. The van der Waals surface area contributed by atoms with Crippen molar-refractivity contribution in [3.05, 3.63) is 21.9 Å². The Kier molecular flexibility index (Phi) is 3.73. The maximum atomic E-state index is 11.9. The summed E-state index contributed by atoms with van der Waals surface area (Å²) < 4.78 is 7.64. The summed E-state index contributed by atoms with van der Waals surface area (Å²) in [5.41, 5.74) is 1.69. The Balaban J connectivity index is 2.39. The summed E-state index contributed by atoms with van der Waals surface area (Å²) in [4.78, 5) is 16.3. The molecule has 0 bridgehead atoms. The molecule has 0 unspecified atom stereocenters. The molecule has 0 aromatic carbocycles. The van der Waals surface area contributed by atoms with Crippen LogP contribution in [0.2, 0.25) is 0 Å². The number of halogens is 1. The molecule has 7 heteroatoms. The molecule has 0 fully saturated rings. The van der Waals surface area contributed by atoms with Crippen molar-refractivity contribution in [1.29, 1.82) is 0 Å². The standard InChI is InChI=1S/C13H17BrN4O2/c1-7-6-9(16-12(19)20-13(3,4)5)18-11(15-7)10(14)8(2)17-18/h6H,1-5H3,(H,16,19). The number of aromatic nitrogens is 3. The van der Waals surface area contributed by atoms with Crippen LogP contribution in [0.1, 0.15) is 32.2 Å². The van der Waals surface area contributed by atoms with Crippen LogP contribution in [0.15, 0.2) is 10.5 Å². The highest BCUT2D eigenvalue weighted by Crippen LogP contribution is 2.24. The molecule has 2 aromatic rings. The van der Waals surface area contributed by atoms with Gasteiger partial charge in [-0.15, -0.1) is 0 Å². The van der Waals surface area contributed by atoms with Crippen molar-refractivity contribution in [2.45, 2.75) is 40.2 Å². The molecular weight excluding hydrogens is 324 g/mol. The molecule has 1 N–H and O–H groups in total. The van der Waals surface area contributed by atoms with E-state index in [9.17, 15) is 4.79 Å². The minimum Gasteiger partial charge on any atom is -0.444 e. The Morgan fingerprint density at radius 2 is 2.05 bits per heavy atom. The van der Waals surface area contributed by atoms with Gasteiger partial charge >= 0.3 is 6.09 Å². The molecule has 0 atom stereocenters. The van der Waals surface area contributed by atoms with Gasteiger partial charge in [0.25, 0.3) is 0 Å². The number of hydrogen-bond acceptors (Lipinski definition) is 4. The van der Waals surface area contributed by atoms with E-state index in [0.29, 0.717) is 11.5 Å². The average molecular weight is 341 g/mol. The summed E-state index contributed by atoms with van der Waals surface area (Å²) in [5.74, 6) is 0.524. The maximum absolute atomic E-state index is 11.9. The quantitative estimate of drug-likeness (QED) is 0.863. The Hall–Kier alpha value is -1.63. The number of nitrogens with one attached hydrogen (secondary N) is 1. The Labute approximate surface area is 125 Å². The first-order chi connectivity index (χ1) is 9.17. The SMILES string of the molecule is Cc1cc(NC(=O)OC(C)(C)C)n2nc(C)c(Br)c2n1. The van der Waals surface area contributed by atoms with Crippen LogP contribution in [-0.2, 0) is 4.74 Å². The minimum absolute atomic E-state index is 0.520. The molecule has 0 aliphatic carbocycles. The molecule has 0 aliphatic heterocycles. The van der Waals surface area contributed by atoms with Crippen molar-refractivity contribution in [1.82, 2.24) is 14.6 Å². The van der Waals surface area contributed by atoms with E-state index in [2.05, 4.69) is 31.3 Å². The number of hydrogen-bond donors (Lipinski definition) is 1. The van der Waals surface area contributed by atoms with Crippen LogP contribution in [-0.4, -0.2) is 26.3 Å². The van der Waals surface area contributed by atoms with Gasteiger partial charge in [0, 0.05) is 11.8 Å². The lowest BCUT2D eigenvalue weighted by molar-refractivity contribution is 0.0635. The van der Waals surface area contributed by atoms with Crippen LogP contribution in [0.4, 0.5) is 10.6 Å². The lowest BCUT2D eigenvalue weighted by Gasteiger charge is -2.19. The van der Waals surface area contributed by atoms with E-state index in [0.717, 1.165) is 15.9 Å². The summed E-state index contributed by atoms with van der Waals surface area (Å²) in [5, 5.41) is 7.04. The highest BCUT2D eigenvalue weighted by atomic mass is 79.9. The van der Waals surface area contributed by atoms with Crippen LogP contribution in [0.5, 0.6) is 0 Å². The van der Waals surface area contributed by atoms with Crippen molar-refractivity contribution in [3.63, 3.8) is 0 Å². The molecule has 0 saturated heterocycles. The van der Waals surface area contributed by atoms with Gasteiger partial charge < -0.3 is 4.74 Å². The summed E-state index contributed by atoms with van der Waals surface area (Å²) in [6.45, 7) is 9.16. The van der Waals surface area contributed by atoms with Crippen molar-refractivity contribution < 1.29 is 9.53 Å². The fraction of sp³-hybridized carbons (Fsp3) is 0.462. The number of fused-ring (bicyclic) bond motifs is 1. The van der Waals surface area contributed by atoms with Gasteiger partial charge in [0.2, 0.25) is 0 Å². The molecule has 0 aliphatic rings. The van der Waals surface area contributed by atoms with E-state index in [1.165, 1.54) is 0 Å². The predicted molar refractivity (Wildman–Crippen MR) is 80.0 cm³/mol. The first-order valence-electron chi connectivity index (χ1n) is 6.20. The number of nitrogens with zero attached hydrogens (tertiary/aromatic N) is 3. The molecule has 0 saturated carbocycles. The number of carbonyl (C=O) groups excluding carboxylic acids is 1. The number of rotatable bonds is 1. The van der Waals surface area contributed by atoms with E-state index in [1.54, 1.807) is 10.6 Å². The van der Waals surface area contributed by atoms with Gasteiger partial charge in [0.15, 0.2) is 5.65 Å². The second-order valence-corrected chi connectivity index (χ2v) is 6.34. The highest BCUT2D eigenvalue weighted by molar-refractivity contribution is 9.10. The van der Waals surface area contributed by atoms with Crippen LogP contribution in [0.25, 0.3) is 5.65 Å². The fourth-order valence-electron chi connectivity index (χ4n) is 1.72. The monoisotopic (exact) mass is 340 g/mol. The van der Waals surface area contributed by atoms with E-state index >= 15 is 0 Å². The minimum atomic E-state index is -0.550. The van der Waals surface area contributed by atoms with E-state index in [-0.39, 0.29) is 0 Å². The topological polar surface area (TPSA) is 68.5 Å². The van der Waals surface area contributed by atoms with Crippen molar-refractivity contribution in [2.24, 2.45) is 0 Å². The molecule has 2 heterocycles. The summed E-state index contributed by atoms with van der Waals surface area (Å²) >= 11 is 3.44. The van der Waals surface area contributed by atoms with Gasteiger partial charge in [-0.3, -0.25) is 5.32 Å². The molecule has 20 heavy (non-hydrogen) atoms. The van der Waals surface area contributed by atoms with Gasteiger partial charge in [0.1, 0.15) is 11.4 Å². The maximum Gasteiger partial charge on any atom is 0.413 e.